The second-order valence-corrected chi connectivity index (χ2v) is 10.6. The van der Waals surface area contributed by atoms with Crippen molar-refractivity contribution in [3.05, 3.63) is 83.9 Å². The number of carbonyl (C=O) groups is 1. The lowest BCUT2D eigenvalue weighted by Gasteiger charge is -2.25. The van der Waals surface area contributed by atoms with Crippen LogP contribution in [0, 0.1) is 13.8 Å². The molecule has 0 aromatic heterocycles. The van der Waals surface area contributed by atoms with Crippen LogP contribution in [0.4, 0.5) is 11.4 Å². The third-order valence-electron chi connectivity index (χ3n) is 5.14. The summed E-state index contributed by atoms with van der Waals surface area (Å²) in [5, 5.41) is 2.98. The van der Waals surface area contributed by atoms with E-state index in [1.165, 1.54) is 10.6 Å². The highest BCUT2D eigenvalue weighted by Crippen LogP contribution is 2.33. The standard InChI is InChI=1S/C25H28N2O3S2/c1-19-11-9-15-23(20(19)2)27(32(3,29)30)18-10-17-25(28)26-22-14-7-8-16-24(22)31-21-12-5-4-6-13-21/h4-9,11-16H,10,17-18H2,1-3H3,(H,26,28). The first kappa shape index (κ1) is 23.9. The highest BCUT2D eigenvalue weighted by Gasteiger charge is 2.20. The lowest BCUT2D eigenvalue weighted by Crippen LogP contribution is -2.32. The molecule has 0 aliphatic rings. The van der Waals surface area contributed by atoms with E-state index in [2.05, 4.69) is 5.32 Å². The summed E-state index contributed by atoms with van der Waals surface area (Å²) in [7, 11) is -3.46. The van der Waals surface area contributed by atoms with Gasteiger partial charge in [0.2, 0.25) is 15.9 Å². The zero-order valence-electron chi connectivity index (χ0n) is 18.5. The number of hydrogen-bond donors (Lipinski definition) is 1. The normalized spacial score (nSPS) is 11.2. The highest BCUT2D eigenvalue weighted by atomic mass is 32.2. The molecule has 3 aromatic carbocycles. The molecule has 1 amide bonds. The van der Waals surface area contributed by atoms with Crippen molar-refractivity contribution in [2.24, 2.45) is 0 Å². The van der Waals surface area contributed by atoms with E-state index >= 15 is 0 Å². The first-order valence-electron chi connectivity index (χ1n) is 10.4. The quantitative estimate of drug-likeness (QED) is 0.441. The van der Waals surface area contributed by atoms with Crippen LogP contribution in [0.25, 0.3) is 0 Å². The van der Waals surface area contributed by atoms with Gasteiger partial charge in [-0.15, -0.1) is 0 Å². The van der Waals surface area contributed by atoms with Gasteiger partial charge in [-0.05, 0) is 61.7 Å². The molecule has 0 bridgehead atoms. The van der Waals surface area contributed by atoms with Gasteiger partial charge in [-0.2, -0.15) is 0 Å². The summed E-state index contributed by atoms with van der Waals surface area (Å²) in [6, 6.07) is 23.3. The summed E-state index contributed by atoms with van der Waals surface area (Å²) < 4.78 is 26.2. The molecule has 0 spiro atoms. The van der Waals surface area contributed by atoms with Crippen molar-refractivity contribution in [1.29, 1.82) is 0 Å². The van der Waals surface area contributed by atoms with Crippen LogP contribution in [0.5, 0.6) is 0 Å². The minimum absolute atomic E-state index is 0.138. The van der Waals surface area contributed by atoms with Gasteiger partial charge in [0.1, 0.15) is 0 Å². The number of sulfonamides is 1. The van der Waals surface area contributed by atoms with Gasteiger partial charge in [0.05, 0.1) is 17.6 Å². The molecule has 0 saturated heterocycles. The van der Waals surface area contributed by atoms with Gasteiger partial charge >= 0.3 is 0 Å². The van der Waals surface area contributed by atoms with Crippen LogP contribution < -0.4 is 9.62 Å². The number of carbonyl (C=O) groups excluding carboxylic acids is 1. The molecule has 168 valence electrons. The Balaban J connectivity index is 1.64. The molecule has 0 radical (unpaired) electrons. The average Bonchev–Trinajstić information content (AvgIpc) is 2.75. The van der Waals surface area contributed by atoms with Crippen LogP contribution in [0.1, 0.15) is 24.0 Å². The Hall–Kier alpha value is -2.77. The van der Waals surface area contributed by atoms with E-state index in [0.717, 1.165) is 26.6 Å². The first-order valence-corrected chi connectivity index (χ1v) is 13.1. The molecule has 5 nitrogen and oxygen atoms in total. The Bertz CT molecular complexity index is 1180. The molecule has 0 saturated carbocycles. The summed E-state index contributed by atoms with van der Waals surface area (Å²) in [6.07, 6.45) is 1.84. The van der Waals surface area contributed by atoms with Crippen LogP contribution in [0.2, 0.25) is 0 Å². The fourth-order valence-corrected chi connectivity index (χ4v) is 5.28. The maximum Gasteiger partial charge on any atom is 0.232 e. The Kier molecular flexibility index (Phi) is 7.99. The van der Waals surface area contributed by atoms with Crippen molar-refractivity contribution in [2.75, 3.05) is 22.4 Å². The Morgan fingerprint density at radius 1 is 0.938 bits per heavy atom. The number of nitrogens with one attached hydrogen (secondary N) is 1. The minimum atomic E-state index is -3.46. The predicted molar refractivity (Wildman–Crippen MR) is 133 cm³/mol. The summed E-state index contributed by atoms with van der Waals surface area (Å²) in [5.41, 5.74) is 3.37. The van der Waals surface area contributed by atoms with Crippen LogP contribution in [0.15, 0.2) is 82.6 Å². The molecular weight excluding hydrogens is 440 g/mol. The minimum Gasteiger partial charge on any atom is -0.325 e. The van der Waals surface area contributed by atoms with E-state index in [4.69, 9.17) is 0 Å². The van der Waals surface area contributed by atoms with Crippen LogP contribution in [-0.4, -0.2) is 27.1 Å². The van der Waals surface area contributed by atoms with Crippen LogP contribution in [0.3, 0.4) is 0 Å². The number of hydrogen-bond acceptors (Lipinski definition) is 4. The second-order valence-electron chi connectivity index (χ2n) is 7.62. The number of para-hydroxylation sites is 1. The summed E-state index contributed by atoms with van der Waals surface area (Å²) in [4.78, 5) is 14.7. The maximum atomic E-state index is 12.6. The van der Waals surface area contributed by atoms with Gasteiger partial charge in [-0.3, -0.25) is 9.10 Å². The van der Waals surface area contributed by atoms with Crippen molar-refractivity contribution in [3.8, 4) is 0 Å². The molecule has 0 aliphatic heterocycles. The third-order valence-corrected chi connectivity index (χ3v) is 7.41. The molecule has 0 atom stereocenters. The fourth-order valence-electron chi connectivity index (χ4n) is 3.34. The summed E-state index contributed by atoms with van der Waals surface area (Å²) >= 11 is 1.59. The van der Waals surface area contributed by atoms with E-state index in [1.54, 1.807) is 17.8 Å². The van der Waals surface area contributed by atoms with Crippen molar-refractivity contribution >= 4 is 39.1 Å². The first-order chi connectivity index (χ1) is 15.3. The number of anilines is 2. The molecule has 3 aromatic rings. The van der Waals surface area contributed by atoms with Crippen molar-refractivity contribution in [1.82, 2.24) is 0 Å². The smallest absolute Gasteiger partial charge is 0.232 e. The molecule has 7 heteroatoms. The molecule has 32 heavy (non-hydrogen) atoms. The number of rotatable bonds is 9. The molecule has 0 fully saturated rings. The largest absolute Gasteiger partial charge is 0.325 e. The molecule has 0 unspecified atom stereocenters. The molecular formula is C25H28N2O3S2. The van der Waals surface area contributed by atoms with Gasteiger partial charge in [-0.25, -0.2) is 8.42 Å². The summed E-state index contributed by atoms with van der Waals surface area (Å²) in [5.74, 6) is -0.138. The highest BCUT2D eigenvalue weighted by molar-refractivity contribution is 7.99. The van der Waals surface area contributed by atoms with E-state index in [0.29, 0.717) is 12.1 Å². The van der Waals surface area contributed by atoms with Crippen molar-refractivity contribution in [3.63, 3.8) is 0 Å². The van der Waals surface area contributed by atoms with Gasteiger partial charge < -0.3 is 5.32 Å². The fraction of sp³-hybridized carbons (Fsp3) is 0.240. The van der Waals surface area contributed by atoms with Gasteiger partial charge in [0.15, 0.2) is 0 Å². The number of benzene rings is 3. The zero-order chi connectivity index (χ0) is 23.1. The Morgan fingerprint density at radius 2 is 1.62 bits per heavy atom. The molecule has 3 rings (SSSR count). The third kappa shape index (κ3) is 6.37. The summed E-state index contributed by atoms with van der Waals surface area (Å²) in [6.45, 7) is 4.12. The maximum absolute atomic E-state index is 12.6. The monoisotopic (exact) mass is 468 g/mol. The van der Waals surface area contributed by atoms with E-state index in [1.807, 2.05) is 80.6 Å². The van der Waals surface area contributed by atoms with Crippen LogP contribution >= 0.6 is 11.8 Å². The topological polar surface area (TPSA) is 66.5 Å². The SMILES string of the molecule is Cc1cccc(N(CCCC(=O)Nc2ccccc2Sc2ccccc2)S(C)(=O)=O)c1C. The lowest BCUT2D eigenvalue weighted by atomic mass is 10.1. The van der Waals surface area contributed by atoms with E-state index in [-0.39, 0.29) is 18.9 Å². The van der Waals surface area contributed by atoms with Gasteiger partial charge in [0, 0.05) is 22.8 Å². The molecule has 1 N–H and O–H groups in total. The molecule has 0 heterocycles. The number of nitrogens with zero attached hydrogens (tertiary/aromatic N) is 1. The number of aryl methyl sites for hydroxylation is 1. The van der Waals surface area contributed by atoms with Gasteiger partial charge in [0.25, 0.3) is 0 Å². The predicted octanol–water partition coefficient (Wildman–Crippen LogP) is 5.64. The zero-order valence-corrected chi connectivity index (χ0v) is 20.2. The van der Waals surface area contributed by atoms with Gasteiger partial charge in [-0.1, -0.05) is 54.2 Å². The van der Waals surface area contributed by atoms with E-state index < -0.39 is 10.0 Å². The van der Waals surface area contributed by atoms with Crippen LogP contribution in [-0.2, 0) is 14.8 Å². The van der Waals surface area contributed by atoms with Crippen molar-refractivity contribution < 1.29 is 13.2 Å². The number of amides is 1. The second kappa shape index (κ2) is 10.7. The van der Waals surface area contributed by atoms with Crippen molar-refractivity contribution in [2.45, 2.75) is 36.5 Å². The Labute approximate surface area is 194 Å². The van der Waals surface area contributed by atoms with E-state index in [9.17, 15) is 13.2 Å². The average molecular weight is 469 g/mol. The lowest BCUT2D eigenvalue weighted by molar-refractivity contribution is -0.116. The Morgan fingerprint density at radius 3 is 2.34 bits per heavy atom. The molecule has 0 aliphatic carbocycles.